The molecule has 0 aliphatic carbocycles. The highest BCUT2D eigenvalue weighted by atomic mass is 16.5. The van der Waals surface area contributed by atoms with Gasteiger partial charge in [0, 0.05) is 31.2 Å². The molecule has 0 saturated heterocycles. The van der Waals surface area contributed by atoms with Gasteiger partial charge < -0.3 is 4.74 Å². The summed E-state index contributed by atoms with van der Waals surface area (Å²) in [5, 5.41) is 0. The lowest BCUT2D eigenvalue weighted by molar-refractivity contribution is 0.376. The summed E-state index contributed by atoms with van der Waals surface area (Å²) in [7, 11) is 1.57. The Bertz CT molecular complexity index is 628. The summed E-state index contributed by atoms with van der Waals surface area (Å²) in [5.41, 5.74) is 2.28. The van der Waals surface area contributed by atoms with Crippen LogP contribution in [0.3, 0.4) is 0 Å². The second-order valence-electron chi connectivity index (χ2n) is 7.48. The van der Waals surface area contributed by atoms with Crippen LogP contribution in [0.15, 0.2) is 24.8 Å². The van der Waals surface area contributed by atoms with Crippen LogP contribution in [0.25, 0.3) is 0 Å². The zero-order chi connectivity index (χ0) is 17.1. The maximum Gasteiger partial charge on any atom is 0.316 e. The Labute approximate surface area is 138 Å². The zero-order valence-electron chi connectivity index (χ0n) is 14.9. The van der Waals surface area contributed by atoms with Gasteiger partial charge in [-0.2, -0.15) is 0 Å². The second kappa shape index (κ2) is 6.60. The standard InChI is InChI=1S/C18H26N4O/c1-17(2,3)13-9-19-15(20-10-13)7-8-18(4,5)14-11-21-16(23-6)22-12-14/h9-12H,7-8H2,1-6H3. The number of hydrogen-bond donors (Lipinski definition) is 0. The minimum atomic E-state index is -0.0433. The molecule has 0 fully saturated rings. The van der Waals surface area contributed by atoms with Crippen molar-refractivity contribution in [2.24, 2.45) is 0 Å². The van der Waals surface area contributed by atoms with Crippen molar-refractivity contribution in [3.05, 3.63) is 41.7 Å². The minimum Gasteiger partial charge on any atom is -0.467 e. The fourth-order valence-corrected chi connectivity index (χ4v) is 2.21. The van der Waals surface area contributed by atoms with Gasteiger partial charge in [-0.3, -0.25) is 0 Å². The fourth-order valence-electron chi connectivity index (χ4n) is 2.21. The third-order valence-electron chi connectivity index (χ3n) is 4.14. The first-order valence-electron chi connectivity index (χ1n) is 7.90. The second-order valence-corrected chi connectivity index (χ2v) is 7.48. The predicted octanol–water partition coefficient (Wildman–Crippen LogP) is 3.48. The number of methoxy groups -OCH3 is 1. The maximum atomic E-state index is 5.01. The largest absolute Gasteiger partial charge is 0.467 e. The van der Waals surface area contributed by atoms with Crippen LogP contribution in [0, 0.1) is 0 Å². The van der Waals surface area contributed by atoms with E-state index >= 15 is 0 Å². The van der Waals surface area contributed by atoms with Crippen LogP contribution < -0.4 is 4.74 Å². The van der Waals surface area contributed by atoms with Crippen molar-refractivity contribution in [2.45, 2.75) is 58.3 Å². The smallest absolute Gasteiger partial charge is 0.316 e. The first-order chi connectivity index (χ1) is 10.7. The minimum absolute atomic E-state index is 0.0433. The van der Waals surface area contributed by atoms with Crippen LogP contribution in [0.1, 0.15) is 58.0 Å². The summed E-state index contributed by atoms with van der Waals surface area (Å²) in [5.74, 6) is 0.875. The van der Waals surface area contributed by atoms with Crippen LogP contribution in [0.4, 0.5) is 0 Å². The molecule has 2 heterocycles. The molecule has 0 amide bonds. The van der Waals surface area contributed by atoms with Gasteiger partial charge >= 0.3 is 6.01 Å². The van der Waals surface area contributed by atoms with Crippen molar-refractivity contribution < 1.29 is 4.74 Å². The summed E-state index contributed by atoms with van der Waals surface area (Å²) >= 11 is 0. The van der Waals surface area contributed by atoms with Crippen LogP contribution in [-0.2, 0) is 17.3 Å². The van der Waals surface area contributed by atoms with Gasteiger partial charge in [-0.1, -0.05) is 34.6 Å². The van der Waals surface area contributed by atoms with E-state index in [0.29, 0.717) is 6.01 Å². The average molecular weight is 314 g/mol. The lowest BCUT2D eigenvalue weighted by Gasteiger charge is -2.24. The number of nitrogens with zero attached hydrogens (tertiary/aromatic N) is 4. The van der Waals surface area contributed by atoms with E-state index in [1.54, 1.807) is 7.11 Å². The fraction of sp³-hybridized carbons (Fsp3) is 0.556. The van der Waals surface area contributed by atoms with Gasteiger partial charge in [0.05, 0.1) is 7.11 Å². The monoisotopic (exact) mass is 314 g/mol. The van der Waals surface area contributed by atoms with E-state index in [1.165, 1.54) is 0 Å². The highest BCUT2D eigenvalue weighted by Crippen LogP contribution is 2.28. The molecule has 0 aromatic carbocycles. The molecule has 0 bridgehead atoms. The Hall–Kier alpha value is -2.04. The number of aryl methyl sites for hydroxylation is 1. The summed E-state index contributed by atoms with van der Waals surface area (Å²) in [6.07, 6.45) is 9.28. The van der Waals surface area contributed by atoms with Crippen molar-refractivity contribution in [1.29, 1.82) is 0 Å². The summed E-state index contributed by atoms with van der Waals surface area (Å²) < 4.78 is 5.01. The Morgan fingerprint density at radius 2 is 1.35 bits per heavy atom. The van der Waals surface area contributed by atoms with Crippen molar-refractivity contribution in [3.63, 3.8) is 0 Å². The molecule has 0 atom stereocenters. The average Bonchev–Trinajstić information content (AvgIpc) is 2.53. The van der Waals surface area contributed by atoms with E-state index in [9.17, 15) is 0 Å². The van der Waals surface area contributed by atoms with E-state index in [-0.39, 0.29) is 10.8 Å². The van der Waals surface area contributed by atoms with Crippen LogP contribution in [0.2, 0.25) is 0 Å². The highest BCUT2D eigenvalue weighted by molar-refractivity contribution is 5.19. The first kappa shape index (κ1) is 17.3. The van der Waals surface area contributed by atoms with Gasteiger partial charge in [-0.05, 0) is 28.4 Å². The van der Waals surface area contributed by atoms with E-state index in [0.717, 1.165) is 29.8 Å². The Morgan fingerprint density at radius 1 is 0.826 bits per heavy atom. The molecular weight excluding hydrogens is 288 g/mol. The molecular formula is C18H26N4O. The van der Waals surface area contributed by atoms with Crippen molar-refractivity contribution in [2.75, 3.05) is 7.11 Å². The molecule has 0 radical (unpaired) electrons. The van der Waals surface area contributed by atoms with Crippen molar-refractivity contribution in [3.8, 4) is 6.01 Å². The number of hydrogen-bond acceptors (Lipinski definition) is 5. The van der Waals surface area contributed by atoms with Crippen molar-refractivity contribution in [1.82, 2.24) is 19.9 Å². The lowest BCUT2D eigenvalue weighted by atomic mass is 9.82. The third kappa shape index (κ3) is 4.47. The molecule has 2 aromatic heterocycles. The lowest BCUT2D eigenvalue weighted by Crippen LogP contribution is -2.20. The SMILES string of the molecule is COc1ncc(C(C)(C)CCc2ncc(C(C)(C)C)cn2)cn1. The molecule has 2 aromatic rings. The molecule has 5 heteroatoms. The van der Waals surface area contributed by atoms with Gasteiger partial charge in [0.15, 0.2) is 0 Å². The van der Waals surface area contributed by atoms with Gasteiger partial charge in [-0.15, -0.1) is 0 Å². The van der Waals surface area contributed by atoms with Crippen molar-refractivity contribution >= 4 is 0 Å². The van der Waals surface area contributed by atoms with E-state index < -0.39 is 0 Å². The molecule has 0 N–H and O–H groups in total. The van der Waals surface area contributed by atoms with Gasteiger partial charge in [0.1, 0.15) is 5.82 Å². The third-order valence-corrected chi connectivity index (χ3v) is 4.14. The molecule has 0 aliphatic rings. The van der Waals surface area contributed by atoms with Crippen LogP contribution in [0.5, 0.6) is 6.01 Å². The Morgan fingerprint density at radius 3 is 1.83 bits per heavy atom. The predicted molar refractivity (Wildman–Crippen MR) is 90.7 cm³/mol. The van der Waals surface area contributed by atoms with E-state index in [4.69, 9.17) is 4.74 Å². The Balaban J connectivity index is 2.03. The highest BCUT2D eigenvalue weighted by Gasteiger charge is 2.22. The Kier molecular flexibility index (Phi) is 4.97. The molecule has 0 unspecified atom stereocenters. The quantitative estimate of drug-likeness (QED) is 0.845. The number of aromatic nitrogens is 4. The summed E-state index contributed by atoms with van der Waals surface area (Å²) in [4.78, 5) is 17.4. The van der Waals surface area contributed by atoms with Crippen LogP contribution in [-0.4, -0.2) is 27.0 Å². The topological polar surface area (TPSA) is 60.8 Å². The number of ether oxygens (including phenoxy) is 1. The van der Waals surface area contributed by atoms with E-state index in [2.05, 4.69) is 54.6 Å². The summed E-state index contributed by atoms with van der Waals surface area (Å²) in [6, 6.07) is 0.394. The van der Waals surface area contributed by atoms with E-state index in [1.807, 2.05) is 24.8 Å². The van der Waals surface area contributed by atoms with Gasteiger partial charge in [0.2, 0.25) is 0 Å². The molecule has 2 rings (SSSR count). The molecule has 5 nitrogen and oxygen atoms in total. The number of rotatable bonds is 5. The molecule has 0 saturated carbocycles. The molecule has 0 spiro atoms. The normalized spacial score (nSPS) is 12.3. The summed E-state index contributed by atoms with van der Waals surface area (Å²) in [6.45, 7) is 10.9. The van der Waals surface area contributed by atoms with Gasteiger partial charge in [-0.25, -0.2) is 19.9 Å². The van der Waals surface area contributed by atoms with Gasteiger partial charge in [0.25, 0.3) is 0 Å². The molecule has 124 valence electrons. The molecule has 23 heavy (non-hydrogen) atoms. The maximum absolute atomic E-state index is 5.01. The van der Waals surface area contributed by atoms with Crippen LogP contribution >= 0.6 is 0 Å². The first-order valence-corrected chi connectivity index (χ1v) is 7.90. The molecule has 0 aliphatic heterocycles. The zero-order valence-corrected chi connectivity index (χ0v) is 14.9.